The largest absolute Gasteiger partial charge is 1.00 e. The fourth-order valence-corrected chi connectivity index (χ4v) is 1.32. The third-order valence-electron chi connectivity index (χ3n) is 2.25. The summed E-state index contributed by atoms with van der Waals surface area (Å²) in [6.45, 7) is 4.07. The van der Waals surface area contributed by atoms with Gasteiger partial charge in [0.25, 0.3) is 0 Å². The van der Waals surface area contributed by atoms with Crippen molar-refractivity contribution in [2.75, 3.05) is 0 Å². The molecule has 2 aromatic rings. The van der Waals surface area contributed by atoms with Gasteiger partial charge in [-0.3, -0.25) is 4.98 Å². The Balaban J connectivity index is 0.000000980. The van der Waals surface area contributed by atoms with E-state index in [0.717, 1.165) is 10.9 Å². The number of fused-ring (bicyclic) bond motifs is 1. The van der Waals surface area contributed by atoms with Crippen LogP contribution in [0.1, 0.15) is 11.1 Å². The Morgan fingerprint density at radius 1 is 1.07 bits per heavy atom. The smallest absolute Gasteiger partial charge is 0.481 e. The first-order valence-electron chi connectivity index (χ1n) is 4.12. The molecule has 0 aliphatic heterocycles. The van der Waals surface area contributed by atoms with Crippen LogP contribution in [0.2, 0.25) is 0 Å². The van der Waals surface area contributed by atoms with Gasteiger partial charge in [-0.05, 0) is 42.5 Å². The van der Waals surface area contributed by atoms with Crippen LogP contribution in [0.3, 0.4) is 0 Å². The Labute approximate surface area is 126 Å². The van der Waals surface area contributed by atoms with Crippen LogP contribution in [0.25, 0.3) is 16.6 Å². The van der Waals surface area contributed by atoms with Crippen molar-refractivity contribution in [3.05, 3.63) is 35.3 Å². The first-order valence-corrected chi connectivity index (χ1v) is 4.12. The van der Waals surface area contributed by atoms with E-state index in [-0.39, 0.29) is 51.4 Å². The molecule has 0 aliphatic rings. The summed E-state index contributed by atoms with van der Waals surface area (Å²) >= 11 is 0. The molecular formula is C10H10KN3. The maximum absolute atomic E-state index is 7.58. The molecule has 0 saturated carbocycles. The summed E-state index contributed by atoms with van der Waals surface area (Å²) in [6, 6.07) is 3.96. The van der Waals surface area contributed by atoms with Crippen molar-refractivity contribution in [1.29, 1.82) is 0 Å². The third-order valence-corrected chi connectivity index (χ3v) is 2.25. The van der Waals surface area contributed by atoms with Crippen molar-refractivity contribution in [2.45, 2.75) is 13.8 Å². The molecule has 0 unspecified atom stereocenters. The molecule has 1 N–H and O–H groups in total. The summed E-state index contributed by atoms with van der Waals surface area (Å²) in [4.78, 5) is 7.95. The minimum atomic E-state index is 0. The molecule has 1 aromatic heterocycles. The van der Waals surface area contributed by atoms with Crippen LogP contribution in [0.5, 0.6) is 0 Å². The fraction of sp³-hybridized carbons (Fsp3) is 0.200. The fourth-order valence-electron chi connectivity index (χ4n) is 1.32. The number of hydrogen-bond donors (Lipinski definition) is 0. The Hall–Kier alpha value is -0.00364. The molecule has 0 amide bonds. The van der Waals surface area contributed by atoms with Crippen LogP contribution in [0.4, 0.5) is 5.82 Å². The number of rotatable bonds is 0. The van der Waals surface area contributed by atoms with Crippen molar-refractivity contribution in [2.24, 2.45) is 0 Å². The Morgan fingerprint density at radius 3 is 2.43 bits per heavy atom. The summed E-state index contributed by atoms with van der Waals surface area (Å²) in [5.74, 6) is 0.299. The van der Waals surface area contributed by atoms with Gasteiger partial charge in [0, 0.05) is 6.33 Å². The number of nitrogens with one attached hydrogen (secondary N) is 1. The molecule has 14 heavy (non-hydrogen) atoms. The standard InChI is InChI=1S/C10H10N3.K/c1-6-3-8-9(4-7(6)2)12-5-13-10(8)11;/h3-5H,1-2H3,(H-,11,12,13);/q-1;+1. The van der Waals surface area contributed by atoms with Crippen molar-refractivity contribution in [1.82, 2.24) is 9.97 Å². The van der Waals surface area contributed by atoms with E-state index >= 15 is 0 Å². The monoisotopic (exact) mass is 211 g/mol. The molecular weight excluding hydrogens is 201 g/mol. The van der Waals surface area contributed by atoms with E-state index in [4.69, 9.17) is 5.73 Å². The zero-order valence-corrected chi connectivity index (χ0v) is 11.7. The number of benzene rings is 1. The molecule has 0 bridgehead atoms. The van der Waals surface area contributed by atoms with E-state index in [0.29, 0.717) is 5.82 Å². The van der Waals surface area contributed by atoms with Crippen molar-refractivity contribution in [3.8, 4) is 0 Å². The van der Waals surface area contributed by atoms with Crippen LogP contribution in [0.15, 0.2) is 18.5 Å². The van der Waals surface area contributed by atoms with Crippen molar-refractivity contribution in [3.63, 3.8) is 0 Å². The summed E-state index contributed by atoms with van der Waals surface area (Å²) in [7, 11) is 0. The molecule has 3 nitrogen and oxygen atoms in total. The molecule has 0 aliphatic carbocycles. The number of nitrogens with zero attached hydrogens (tertiary/aromatic N) is 2. The second-order valence-corrected chi connectivity index (χ2v) is 3.18. The molecule has 1 heterocycles. The molecule has 4 heteroatoms. The minimum Gasteiger partial charge on any atom is -0.481 e. The van der Waals surface area contributed by atoms with Gasteiger partial charge in [0.05, 0.1) is 5.52 Å². The van der Waals surface area contributed by atoms with Crippen LogP contribution in [-0.4, -0.2) is 9.97 Å². The molecule has 0 atom stereocenters. The van der Waals surface area contributed by atoms with E-state index < -0.39 is 0 Å². The quantitative estimate of drug-likeness (QED) is 0.573. The van der Waals surface area contributed by atoms with Crippen LogP contribution in [0, 0.1) is 13.8 Å². The SMILES string of the molecule is Cc1cc2ncnc([NH-])c2cc1C.[K+]. The molecule has 0 radical (unpaired) electrons. The van der Waals surface area contributed by atoms with Gasteiger partial charge in [-0.25, -0.2) is 0 Å². The maximum atomic E-state index is 7.58. The normalized spacial score (nSPS) is 9.86. The Bertz CT molecular complexity index is 468. The van der Waals surface area contributed by atoms with Crippen LogP contribution < -0.4 is 51.4 Å². The molecule has 1 aromatic carbocycles. The van der Waals surface area contributed by atoms with Crippen LogP contribution >= 0.6 is 0 Å². The summed E-state index contributed by atoms with van der Waals surface area (Å²) in [5.41, 5.74) is 10.8. The average molecular weight is 211 g/mol. The summed E-state index contributed by atoms with van der Waals surface area (Å²) in [6.07, 6.45) is 1.43. The summed E-state index contributed by atoms with van der Waals surface area (Å²) < 4.78 is 0. The van der Waals surface area contributed by atoms with Gasteiger partial charge in [0.15, 0.2) is 0 Å². The van der Waals surface area contributed by atoms with Gasteiger partial charge >= 0.3 is 51.4 Å². The van der Waals surface area contributed by atoms with E-state index in [2.05, 4.69) is 9.97 Å². The molecule has 0 saturated heterocycles. The van der Waals surface area contributed by atoms with Crippen LogP contribution in [-0.2, 0) is 0 Å². The predicted octanol–water partition coefficient (Wildman–Crippen LogP) is -0.0657. The predicted molar refractivity (Wildman–Crippen MR) is 53.0 cm³/mol. The van der Waals surface area contributed by atoms with Crippen molar-refractivity contribution < 1.29 is 51.4 Å². The van der Waals surface area contributed by atoms with Gasteiger partial charge in [-0.1, -0.05) is 5.82 Å². The Morgan fingerprint density at radius 2 is 1.71 bits per heavy atom. The van der Waals surface area contributed by atoms with Gasteiger partial charge < -0.3 is 10.7 Å². The number of aryl methyl sites for hydroxylation is 2. The zero-order valence-electron chi connectivity index (χ0n) is 8.63. The molecule has 0 fully saturated rings. The van der Waals surface area contributed by atoms with E-state index in [1.807, 2.05) is 26.0 Å². The maximum Gasteiger partial charge on any atom is 1.00 e. The van der Waals surface area contributed by atoms with E-state index in [1.165, 1.54) is 17.5 Å². The molecule has 2 rings (SSSR count). The minimum absolute atomic E-state index is 0. The van der Waals surface area contributed by atoms with Gasteiger partial charge in [0.1, 0.15) is 0 Å². The van der Waals surface area contributed by atoms with E-state index in [9.17, 15) is 0 Å². The van der Waals surface area contributed by atoms with Gasteiger partial charge in [-0.2, -0.15) is 0 Å². The topological polar surface area (TPSA) is 49.6 Å². The summed E-state index contributed by atoms with van der Waals surface area (Å²) in [5, 5.41) is 0.825. The third kappa shape index (κ3) is 2.15. The number of hydrogen-bond acceptors (Lipinski definition) is 2. The first kappa shape index (κ1) is 12.1. The van der Waals surface area contributed by atoms with E-state index in [1.54, 1.807) is 0 Å². The second-order valence-electron chi connectivity index (χ2n) is 3.18. The Kier molecular flexibility index (Phi) is 4.03. The van der Waals surface area contributed by atoms with Crippen molar-refractivity contribution >= 4 is 16.7 Å². The van der Waals surface area contributed by atoms with Gasteiger partial charge in [0.2, 0.25) is 0 Å². The van der Waals surface area contributed by atoms with Gasteiger partial charge in [-0.15, -0.1) is 0 Å². The number of aromatic nitrogens is 2. The second kappa shape index (κ2) is 4.68. The molecule has 66 valence electrons. The zero-order chi connectivity index (χ0) is 9.42. The molecule has 0 spiro atoms. The average Bonchev–Trinajstić information content (AvgIpc) is 2.09. The first-order chi connectivity index (χ1) is 6.18.